The lowest BCUT2D eigenvalue weighted by Gasteiger charge is -2.07. The highest BCUT2D eigenvalue weighted by Gasteiger charge is 2.08. The van der Waals surface area contributed by atoms with Crippen LogP contribution in [0.15, 0.2) is 15.5 Å². The molecule has 1 rings (SSSR count). The summed E-state index contributed by atoms with van der Waals surface area (Å²) in [6, 6.07) is 2.13. The molecular formula is C13H24N4OS. The van der Waals surface area contributed by atoms with Crippen molar-refractivity contribution in [2.45, 2.75) is 19.2 Å². The number of nitrogens with zero attached hydrogens (tertiary/aromatic N) is 2. The molecule has 0 aliphatic rings. The second-order valence-corrected chi connectivity index (χ2v) is 5.75. The van der Waals surface area contributed by atoms with E-state index in [-0.39, 0.29) is 0 Å². The molecule has 0 radical (unpaired) electrons. The Morgan fingerprint density at radius 3 is 2.89 bits per heavy atom. The van der Waals surface area contributed by atoms with Crippen LogP contribution in [0.1, 0.15) is 17.1 Å². The van der Waals surface area contributed by atoms with E-state index in [0.29, 0.717) is 5.96 Å². The minimum atomic E-state index is 0.489. The fourth-order valence-corrected chi connectivity index (χ4v) is 2.34. The maximum absolute atomic E-state index is 5.84. The quantitative estimate of drug-likeness (QED) is 0.450. The van der Waals surface area contributed by atoms with Gasteiger partial charge in [0.25, 0.3) is 0 Å². The zero-order valence-electron chi connectivity index (χ0n) is 12.2. The van der Waals surface area contributed by atoms with Crippen LogP contribution in [0.2, 0.25) is 0 Å². The molecule has 1 heterocycles. The van der Waals surface area contributed by atoms with Gasteiger partial charge in [-0.05, 0) is 32.6 Å². The highest BCUT2D eigenvalue weighted by atomic mass is 32.2. The van der Waals surface area contributed by atoms with Gasteiger partial charge in [-0.3, -0.25) is 4.99 Å². The Bertz CT molecular complexity index is 415. The number of guanidine groups is 1. The van der Waals surface area contributed by atoms with Crippen molar-refractivity contribution in [3.8, 4) is 0 Å². The second kappa shape index (κ2) is 8.12. The van der Waals surface area contributed by atoms with E-state index in [9.17, 15) is 0 Å². The molecule has 108 valence electrons. The van der Waals surface area contributed by atoms with Crippen molar-refractivity contribution < 1.29 is 4.42 Å². The fourth-order valence-electron chi connectivity index (χ4n) is 1.61. The molecule has 19 heavy (non-hydrogen) atoms. The van der Waals surface area contributed by atoms with E-state index in [4.69, 9.17) is 10.2 Å². The molecule has 6 heteroatoms. The first-order valence-electron chi connectivity index (χ1n) is 6.29. The smallest absolute Gasteiger partial charge is 0.188 e. The van der Waals surface area contributed by atoms with Crippen LogP contribution in [-0.2, 0) is 12.3 Å². The second-order valence-electron chi connectivity index (χ2n) is 4.64. The minimum absolute atomic E-state index is 0.489. The molecule has 0 aliphatic carbocycles. The van der Waals surface area contributed by atoms with Crippen molar-refractivity contribution >= 4 is 17.7 Å². The lowest BCUT2D eigenvalue weighted by molar-refractivity contribution is 0.343. The number of hydrogen-bond donors (Lipinski definition) is 2. The molecule has 0 aromatic carbocycles. The Balaban J connectivity index is 2.30. The van der Waals surface area contributed by atoms with E-state index in [1.54, 1.807) is 7.05 Å². The van der Waals surface area contributed by atoms with Crippen LogP contribution >= 0.6 is 11.8 Å². The summed E-state index contributed by atoms with van der Waals surface area (Å²) in [4.78, 5) is 5.95. The van der Waals surface area contributed by atoms with Crippen molar-refractivity contribution in [1.29, 1.82) is 0 Å². The zero-order valence-corrected chi connectivity index (χ0v) is 13.0. The predicted molar refractivity (Wildman–Crippen MR) is 82.5 cm³/mol. The van der Waals surface area contributed by atoms with Crippen molar-refractivity contribution in [3.05, 3.63) is 23.2 Å². The molecule has 0 unspecified atom stereocenters. The fraction of sp³-hybridized carbons (Fsp3) is 0.615. The van der Waals surface area contributed by atoms with Crippen LogP contribution in [0.4, 0.5) is 0 Å². The largest absolute Gasteiger partial charge is 0.464 e. The van der Waals surface area contributed by atoms with E-state index in [0.717, 1.165) is 36.1 Å². The first kappa shape index (κ1) is 15.9. The summed E-state index contributed by atoms with van der Waals surface area (Å²) in [5.74, 6) is 4.44. The highest BCUT2D eigenvalue weighted by molar-refractivity contribution is 7.98. The van der Waals surface area contributed by atoms with Crippen LogP contribution in [0.3, 0.4) is 0 Å². The van der Waals surface area contributed by atoms with Crippen LogP contribution < -0.4 is 11.1 Å². The Morgan fingerprint density at radius 2 is 2.26 bits per heavy atom. The molecular weight excluding hydrogens is 260 g/mol. The Kier molecular flexibility index (Phi) is 6.80. The van der Waals surface area contributed by atoms with E-state index >= 15 is 0 Å². The maximum Gasteiger partial charge on any atom is 0.188 e. The average molecular weight is 284 g/mol. The molecule has 0 aliphatic heterocycles. The van der Waals surface area contributed by atoms with E-state index in [1.807, 2.05) is 25.9 Å². The molecule has 0 saturated carbocycles. The van der Waals surface area contributed by atoms with E-state index < -0.39 is 0 Å². The molecule has 5 nitrogen and oxygen atoms in total. The molecule has 0 atom stereocenters. The molecule has 0 bridgehead atoms. The first-order valence-corrected chi connectivity index (χ1v) is 7.45. The summed E-state index contributed by atoms with van der Waals surface area (Å²) in [6.07, 6.45) is 0. The number of nitrogens with two attached hydrogens (primary N) is 1. The molecule has 3 N–H and O–H groups in total. The first-order chi connectivity index (χ1) is 9.02. The lowest BCUT2D eigenvalue weighted by Crippen LogP contribution is -2.32. The minimum Gasteiger partial charge on any atom is -0.464 e. The van der Waals surface area contributed by atoms with Crippen molar-refractivity contribution in [3.63, 3.8) is 0 Å². The molecule has 0 fully saturated rings. The summed E-state index contributed by atoms with van der Waals surface area (Å²) in [5, 5.41) is 3.03. The normalized spacial score (nSPS) is 12.2. The molecule has 1 aromatic heterocycles. The Hall–Kier alpha value is -1.14. The number of hydrogen-bond acceptors (Lipinski definition) is 4. The number of aliphatic imine (C=N–C) groups is 1. The maximum atomic E-state index is 5.84. The van der Waals surface area contributed by atoms with Gasteiger partial charge in [-0.15, -0.1) is 0 Å². The summed E-state index contributed by atoms with van der Waals surface area (Å²) in [7, 11) is 5.76. The van der Waals surface area contributed by atoms with Crippen molar-refractivity contribution in [2.75, 3.05) is 33.4 Å². The molecule has 0 saturated heterocycles. The van der Waals surface area contributed by atoms with Gasteiger partial charge < -0.3 is 20.4 Å². The summed E-state index contributed by atoms with van der Waals surface area (Å²) < 4.78 is 5.84. The lowest BCUT2D eigenvalue weighted by atomic mass is 10.2. The summed E-state index contributed by atoms with van der Waals surface area (Å²) in [5.41, 5.74) is 6.77. The summed E-state index contributed by atoms with van der Waals surface area (Å²) >= 11 is 1.82. The third kappa shape index (κ3) is 6.02. The monoisotopic (exact) mass is 284 g/mol. The third-order valence-corrected chi connectivity index (χ3v) is 3.55. The Morgan fingerprint density at radius 1 is 1.53 bits per heavy atom. The van der Waals surface area contributed by atoms with E-state index in [1.165, 1.54) is 5.56 Å². The molecule has 0 amide bonds. The molecule has 1 aromatic rings. The van der Waals surface area contributed by atoms with E-state index in [2.05, 4.69) is 28.2 Å². The van der Waals surface area contributed by atoms with Gasteiger partial charge in [0.2, 0.25) is 0 Å². The van der Waals surface area contributed by atoms with Gasteiger partial charge in [0.15, 0.2) is 5.96 Å². The molecule has 0 spiro atoms. The van der Waals surface area contributed by atoms with Gasteiger partial charge in [-0.2, -0.15) is 11.8 Å². The number of nitrogens with one attached hydrogen (secondary N) is 1. The number of rotatable bonds is 7. The Labute approximate surface area is 119 Å². The van der Waals surface area contributed by atoms with Gasteiger partial charge in [-0.1, -0.05) is 0 Å². The summed E-state index contributed by atoms with van der Waals surface area (Å²) in [6.45, 7) is 3.76. The third-order valence-electron chi connectivity index (χ3n) is 2.57. The van der Waals surface area contributed by atoms with Gasteiger partial charge in [0, 0.05) is 19.3 Å². The van der Waals surface area contributed by atoms with Crippen LogP contribution in [0.5, 0.6) is 0 Å². The topological polar surface area (TPSA) is 66.8 Å². The standard InChI is InChI=1S/C13H24N4OS/c1-10-7-11(18-12(10)8-17(3)4)9-19-6-5-16-13(14)15-2/h7H,5-6,8-9H2,1-4H3,(H3,14,15,16). The SMILES string of the molecule is CN=C(N)NCCSCc1cc(C)c(CN(C)C)o1. The van der Waals surface area contributed by atoms with Crippen LogP contribution in [-0.4, -0.2) is 44.3 Å². The highest BCUT2D eigenvalue weighted by Crippen LogP contribution is 2.20. The van der Waals surface area contributed by atoms with Gasteiger partial charge in [-0.25, -0.2) is 0 Å². The number of thioether (sulfide) groups is 1. The van der Waals surface area contributed by atoms with Crippen molar-refractivity contribution in [2.24, 2.45) is 10.7 Å². The van der Waals surface area contributed by atoms with Crippen LogP contribution in [0, 0.1) is 6.92 Å². The zero-order chi connectivity index (χ0) is 14.3. The predicted octanol–water partition coefficient (Wildman–Crippen LogP) is 1.42. The average Bonchev–Trinajstić information content (AvgIpc) is 2.68. The number of aryl methyl sites for hydroxylation is 1. The number of furan rings is 1. The van der Waals surface area contributed by atoms with Gasteiger partial charge in [0.1, 0.15) is 11.5 Å². The van der Waals surface area contributed by atoms with Gasteiger partial charge >= 0.3 is 0 Å². The van der Waals surface area contributed by atoms with Gasteiger partial charge in [0.05, 0.1) is 12.3 Å². The van der Waals surface area contributed by atoms with Crippen LogP contribution in [0.25, 0.3) is 0 Å². The van der Waals surface area contributed by atoms with Crippen molar-refractivity contribution in [1.82, 2.24) is 10.2 Å².